The van der Waals surface area contributed by atoms with Crippen LogP contribution in [0.1, 0.15) is 13.8 Å². The molecule has 0 amide bonds. The van der Waals surface area contributed by atoms with Crippen molar-refractivity contribution in [2.24, 2.45) is 11.7 Å². The molecular weight excluding hydrogens is 304 g/mol. The molecule has 4 nitrogen and oxygen atoms in total. The molecule has 1 atom stereocenters. The third kappa shape index (κ3) is 4.06. The number of sulfonamides is 1. The SMILES string of the molecule is CC(C)C(N)CNS(=O)(=O)c1ccccc1Br. The molecule has 0 bridgehead atoms. The lowest BCUT2D eigenvalue weighted by molar-refractivity contribution is 0.481. The topological polar surface area (TPSA) is 72.2 Å². The molecular formula is C11H17BrN2O2S. The van der Waals surface area contributed by atoms with Crippen LogP contribution >= 0.6 is 15.9 Å². The zero-order chi connectivity index (χ0) is 13.1. The lowest BCUT2D eigenvalue weighted by atomic mass is 10.1. The molecule has 96 valence electrons. The van der Waals surface area contributed by atoms with Crippen LogP contribution in [0.4, 0.5) is 0 Å². The molecule has 6 heteroatoms. The number of nitrogens with one attached hydrogen (secondary N) is 1. The van der Waals surface area contributed by atoms with Gasteiger partial charge in [-0.25, -0.2) is 13.1 Å². The first-order valence-corrected chi connectivity index (χ1v) is 7.62. The molecule has 0 heterocycles. The zero-order valence-electron chi connectivity index (χ0n) is 9.85. The van der Waals surface area contributed by atoms with Crippen molar-refractivity contribution < 1.29 is 8.42 Å². The zero-order valence-corrected chi connectivity index (χ0v) is 12.3. The van der Waals surface area contributed by atoms with Crippen LogP contribution in [-0.2, 0) is 10.0 Å². The lowest BCUT2D eigenvalue weighted by Crippen LogP contribution is -2.40. The minimum Gasteiger partial charge on any atom is -0.326 e. The Morgan fingerprint density at radius 2 is 1.94 bits per heavy atom. The average Bonchev–Trinajstić information content (AvgIpc) is 2.26. The van der Waals surface area contributed by atoms with Gasteiger partial charge in [0.25, 0.3) is 0 Å². The van der Waals surface area contributed by atoms with Crippen LogP contribution in [-0.4, -0.2) is 21.0 Å². The number of halogens is 1. The van der Waals surface area contributed by atoms with Crippen LogP contribution < -0.4 is 10.5 Å². The molecule has 0 radical (unpaired) electrons. The van der Waals surface area contributed by atoms with Crippen molar-refractivity contribution in [1.82, 2.24) is 4.72 Å². The van der Waals surface area contributed by atoms with Crippen LogP contribution in [0, 0.1) is 5.92 Å². The predicted molar refractivity (Wildman–Crippen MR) is 72.1 cm³/mol. The summed E-state index contributed by atoms with van der Waals surface area (Å²) in [7, 11) is -3.50. The van der Waals surface area contributed by atoms with Gasteiger partial charge in [-0.15, -0.1) is 0 Å². The molecule has 0 fully saturated rings. The van der Waals surface area contributed by atoms with E-state index in [0.717, 1.165) is 0 Å². The highest BCUT2D eigenvalue weighted by molar-refractivity contribution is 9.10. The molecule has 1 aromatic rings. The van der Waals surface area contributed by atoms with Crippen LogP contribution in [0.3, 0.4) is 0 Å². The number of nitrogens with two attached hydrogens (primary N) is 1. The lowest BCUT2D eigenvalue weighted by Gasteiger charge is -2.16. The van der Waals surface area contributed by atoms with E-state index in [4.69, 9.17) is 5.73 Å². The highest BCUT2D eigenvalue weighted by Crippen LogP contribution is 2.20. The maximum absolute atomic E-state index is 12.0. The Kier molecular flexibility index (Phi) is 5.12. The molecule has 1 rings (SSSR count). The van der Waals surface area contributed by atoms with Crippen molar-refractivity contribution in [3.05, 3.63) is 28.7 Å². The Morgan fingerprint density at radius 1 is 1.35 bits per heavy atom. The maximum Gasteiger partial charge on any atom is 0.241 e. The fourth-order valence-corrected chi connectivity index (χ4v) is 3.26. The number of rotatable bonds is 5. The molecule has 0 saturated heterocycles. The number of hydrogen-bond acceptors (Lipinski definition) is 3. The molecule has 0 aliphatic heterocycles. The van der Waals surface area contributed by atoms with E-state index in [2.05, 4.69) is 20.7 Å². The van der Waals surface area contributed by atoms with Crippen LogP contribution in [0.5, 0.6) is 0 Å². The summed E-state index contributed by atoms with van der Waals surface area (Å²) in [6.07, 6.45) is 0. The molecule has 0 aromatic heterocycles. The van der Waals surface area contributed by atoms with Gasteiger partial charge in [-0.05, 0) is 34.0 Å². The Bertz CT molecular complexity index is 474. The molecule has 0 aliphatic carbocycles. The van der Waals surface area contributed by atoms with E-state index in [9.17, 15) is 8.42 Å². The van der Waals surface area contributed by atoms with Crippen molar-refractivity contribution in [3.63, 3.8) is 0 Å². The van der Waals surface area contributed by atoms with Crippen LogP contribution in [0.25, 0.3) is 0 Å². The summed E-state index contributed by atoms with van der Waals surface area (Å²) in [5.41, 5.74) is 5.80. The summed E-state index contributed by atoms with van der Waals surface area (Å²) in [5.74, 6) is 0.233. The van der Waals surface area contributed by atoms with Crippen molar-refractivity contribution >= 4 is 26.0 Å². The summed E-state index contributed by atoms with van der Waals surface area (Å²) in [6, 6.07) is 6.50. The smallest absolute Gasteiger partial charge is 0.241 e. The highest BCUT2D eigenvalue weighted by Gasteiger charge is 2.18. The van der Waals surface area contributed by atoms with Crippen LogP contribution in [0.15, 0.2) is 33.6 Å². The van der Waals surface area contributed by atoms with E-state index in [1.807, 2.05) is 13.8 Å². The quantitative estimate of drug-likeness (QED) is 0.867. The fraction of sp³-hybridized carbons (Fsp3) is 0.455. The van der Waals surface area contributed by atoms with E-state index in [1.54, 1.807) is 24.3 Å². The van der Waals surface area contributed by atoms with Gasteiger partial charge in [0.1, 0.15) is 0 Å². The molecule has 0 saturated carbocycles. The van der Waals surface area contributed by atoms with Gasteiger partial charge in [0.2, 0.25) is 10.0 Å². The largest absolute Gasteiger partial charge is 0.326 e. The Balaban J connectivity index is 2.80. The van der Waals surface area contributed by atoms with E-state index in [1.165, 1.54) is 0 Å². The summed E-state index contributed by atoms with van der Waals surface area (Å²) >= 11 is 3.22. The predicted octanol–water partition coefficient (Wildman–Crippen LogP) is 1.71. The minimum absolute atomic E-state index is 0.188. The molecule has 17 heavy (non-hydrogen) atoms. The van der Waals surface area contributed by atoms with E-state index in [-0.39, 0.29) is 23.4 Å². The van der Waals surface area contributed by atoms with E-state index in [0.29, 0.717) is 4.47 Å². The van der Waals surface area contributed by atoms with Gasteiger partial charge in [-0.1, -0.05) is 26.0 Å². The fourth-order valence-electron chi connectivity index (χ4n) is 1.18. The Labute approximate surface area is 111 Å². The second-order valence-electron chi connectivity index (χ2n) is 4.19. The van der Waals surface area contributed by atoms with Crippen molar-refractivity contribution in [1.29, 1.82) is 0 Å². The second-order valence-corrected chi connectivity index (χ2v) is 6.78. The third-order valence-corrected chi connectivity index (χ3v) is 4.93. The molecule has 1 unspecified atom stereocenters. The first-order valence-electron chi connectivity index (χ1n) is 5.34. The minimum atomic E-state index is -3.50. The standard InChI is InChI=1S/C11H17BrN2O2S/c1-8(2)10(13)7-14-17(15,16)11-6-4-3-5-9(11)12/h3-6,8,10,14H,7,13H2,1-2H3. The van der Waals surface area contributed by atoms with Gasteiger partial charge in [0.05, 0.1) is 4.90 Å². The van der Waals surface area contributed by atoms with Gasteiger partial charge < -0.3 is 5.73 Å². The van der Waals surface area contributed by atoms with E-state index >= 15 is 0 Å². The molecule has 3 N–H and O–H groups in total. The third-order valence-electron chi connectivity index (χ3n) is 2.49. The summed E-state index contributed by atoms with van der Waals surface area (Å²) < 4.78 is 27.0. The average molecular weight is 321 g/mol. The monoisotopic (exact) mass is 320 g/mol. The Hall–Kier alpha value is -0.430. The van der Waals surface area contributed by atoms with Gasteiger partial charge in [0, 0.05) is 17.1 Å². The van der Waals surface area contributed by atoms with Gasteiger partial charge >= 0.3 is 0 Å². The normalized spacial score (nSPS) is 13.9. The van der Waals surface area contributed by atoms with Crippen LogP contribution in [0.2, 0.25) is 0 Å². The molecule has 1 aromatic carbocycles. The molecule has 0 aliphatic rings. The maximum atomic E-state index is 12.0. The Morgan fingerprint density at radius 3 is 2.47 bits per heavy atom. The summed E-state index contributed by atoms with van der Waals surface area (Å²) in [4.78, 5) is 0.232. The number of benzene rings is 1. The van der Waals surface area contributed by atoms with E-state index < -0.39 is 10.0 Å². The first kappa shape index (κ1) is 14.6. The van der Waals surface area contributed by atoms with Crippen molar-refractivity contribution in [2.45, 2.75) is 24.8 Å². The summed E-state index contributed by atoms with van der Waals surface area (Å²) in [5, 5.41) is 0. The van der Waals surface area contributed by atoms with Gasteiger partial charge in [-0.3, -0.25) is 0 Å². The second kappa shape index (κ2) is 5.95. The van der Waals surface area contributed by atoms with Crippen molar-refractivity contribution in [2.75, 3.05) is 6.54 Å². The van der Waals surface area contributed by atoms with Gasteiger partial charge in [-0.2, -0.15) is 0 Å². The molecule has 0 spiro atoms. The highest BCUT2D eigenvalue weighted by atomic mass is 79.9. The van der Waals surface area contributed by atoms with Gasteiger partial charge in [0.15, 0.2) is 0 Å². The number of hydrogen-bond donors (Lipinski definition) is 2. The van der Waals surface area contributed by atoms with Crippen molar-refractivity contribution in [3.8, 4) is 0 Å². The summed E-state index contributed by atoms with van der Waals surface area (Å²) in [6.45, 7) is 4.15. The first-order chi connectivity index (χ1) is 7.84.